The van der Waals surface area contributed by atoms with Crippen molar-refractivity contribution in [2.45, 2.75) is 13.3 Å². The number of hydrogen-bond acceptors (Lipinski definition) is 4. The van der Waals surface area contributed by atoms with Crippen molar-refractivity contribution in [2.24, 2.45) is 5.73 Å². The molecule has 2 amide bonds. The van der Waals surface area contributed by atoms with Crippen LogP contribution in [0.25, 0.3) is 0 Å². The van der Waals surface area contributed by atoms with Gasteiger partial charge in [0.25, 0.3) is 11.8 Å². The minimum Gasteiger partial charge on any atom is -0.351 e. The van der Waals surface area contributed by atoms with Crippen LogP contribution in [0.3, 0.4) is 0 Å². The number of benzene rings is 1. The number of aromatic nitrogens is 2. The summed E-state index contributed by atoms with van der Waals surface area (Å²) in [6.45, 7) is 2.69. The van der Waals surface area contributed by atoms with Gasteiger partial charge in [-0.2, -0.15) is 5.10 Å². The van der Waals surface area contributed by atoms with E-state index in [9.17, 15) is 9.59 Å². The molecule has 22 heavy (non-hydrogen) atoms. The lowest BCUT2D eigenvalue weighted by Crippen LogP contribution is -2.30. The minimum absolute atomic E-state index is 0.280. The quantitative estimate of drug-likeness (QED) is 0.635. The van der Waals surface area contributed by atoms with Crippen LogP contribution >= 0.6 is 0 Å². The number of nitrogens with two attached hydrogens (primary N) is 1. The first-order valence-electron chi connectivity index (χ1n) is 7.08. The molecule has 0 aliphatic carbocycles. The van der Waals surface area contributed by atoms with Crippen molar-refractivity contribution in [3.8, 4) is 0 Å². The molecule has 1 heterocycles. The maximum atomic E-state index is 12.2. The van der Waals surface area contributed by atoms with Crippen LogP contribution in [-0.4, -0.2) is 35.1 Å². The van der Waals surface area contributed by atoms with Crippen molar-refractivity contribution in [1.82, 2.24) is 15.5 Å². The summed E-state index contributed by atoms with van der Waals surface area (Å²) < 4.78 is 0. The van der Waals surface area contributed by atoms with E-state index in [0.29, 0.717) is 24.3 Å². The molecule has 1 aromatic heterocycles. The van der Waals surface area contributed by atoms with Gasteiger partial charge in [-0.3, -0.25) is 14.7 Å². The zero-order valence-corrected chi connectivity index (χ0v) is 12.3. The van der Waals surface area contributed by atoms with Gasteiger partial charge < -0.3 is 16.4 Å². The highest BCUT2D eigenvalue weighted by atomic mass is 16.2. The molecule has 2 aromatic rings. The van der Waals surface area contributed by atoms with Crippen molar-refractivity contribution < 1.29 is 9.59 Å². The fourth-order valence-electron chi connectivity index (χ4n) is 1.92. The molecule has 0 spiro atoms. The second-order valence-electron chi connectivity index (χ2n) is 4.68. The van der Waals surface area contributed by atoms with Gasteiger partial charge in [0.2, 0.25) is 0 Å². The van der Waals surface area contributed by atoms with E-state index in [1.54, 1.807) is 30.3 Å². The molecule has 0 saturated carbocycles. The summed E-state index contributed by atoms with van der Waals surface area (Å²) in [5.74, 6) is -0.646. The molecular weight excluding hydrogens is 282 g/mol. The molecule has 0 saturated heterocycles. The smallest absolute Gasteiger partial charge is 0.276 e. The van der Waals surface area contributed by atoms with Crippen LogP contribution in [-0.2, 0) is 6.42 Å². The standard InChI is InChI=1S/C15H19N5O2/c1-2-10-9-13(20-19-10)15(22)18-12-6-4-3-5-11(12)14(21)17-8-7-16/h3-6,9H,2,7-8,16H2,1H3,(H,17,21)(H,18,22)(H,19,20). The first-order chi connectivity index (χ1) is 10.7. The van der Waals surface area contributed by atoms with Crippen molar-refractivity contribution in [3.05, 3.63) is 47.3 Å². The molecule has 0 radical (unpaired) electrons. The zero-order chi connectivity index (χ0) is 15.9. The summed E-state index contributed by atoms with van der Waals surface area (Å²) in [6, 6.07) is 8.48. The molecule has 0 atom stereocenters. The van der Waals surface area contributed by atoms with E-state index >= 15 is 0 Å². The van der Waals surface area contributed by atoms with Crippen molar-refractivity contribution in [2.75, 3.05) is 18.4 Å². The third kappa shape index (κ3) is 3.70. The molecule has 1 aromatic carbocycles. The molecule has 2 rings (SSSR count). The van der Waals surface area contributed by atoms with Gasteiger partial charge in [0.05, 0.1) is 11.3 Å². The lowest BCUT2D eigenvalue weighted by molar-refractivity contribution is 0.0955. The van der Waals surface area contributed by atoms with E-state index in [0.717, 1.165) is 12.1 Å². The second-order valence-corrected chi connectivity index (χ2v) is 4.68. The van der Waals surface area contributed by atoms with Gasteiger partial charge in [-0.05, 0) is 24.6 Å². The largest absolute Gasteiger partial charge is 0.351 e. The van der Waals surface area contributed by atoms with Gasteiger partial charge in [-0.15, -0.1) is 0 Å². The first-order valence-corrected chi connectivity index (χ1v) is 7.08. The third-order valence-corrected chi connectivity index (χ3v) is 3.09. The molecule has 0 bridgehead atoms. The van der Waals surface area contributed by atoms with Gasteiger partial charge in [0.15, 0.2) is 5.69 Å². The molecule has 5 N–H and O–H groups in total. The van der Waals surface area contributed by atoms with Crippen LogP contribution in [0.15, 0.2) is 30.3 Å². The third-order valence-electron chi connectivity index (χ3n) is 3.09. The van der Waals surface area contributed by atoms with Crippen LogP contribution in [0.2, 0.25) is 0 Å². The number of nitrogens with zero attached hydrogens (tertiary/aromatic N) is 1. The molecule has 7 heteroatoms. The van der Waals surface area contributed by atoms with Gasteiger partial charge in [-0.1, -0.05) is 19.1 Å². The number of carbonyl (C=O) groups excluding carboxylic acids is 2. The summed E-state index contributed by atoms with van der Waals surface area (Å²) in [6.07, 6.45) is 0.762. The predicted octanol–water partition coefficient (Wildman–Crippen LogP) is 0.913. The summed E-state index contributed by atoms with van der Waals surface area (Å²) >= 11 is 0. The zero-order valence-electron chi connectivity index (χ0n) is 12.3. The van der Waals surface area contributed by atoms with Crippen LogP contribution < -0.4 is 16.4 Å². The fourth-order valence-corrected chi connectivity index (χ4v) is 1.92. The Kier molecular flexibility index (Phi) is 5.26. The number of carbonyl (C=O) groups is 2. The first kappa shape index (κ1) is 15.7. The highest BCUT2D eigenvalue weighted by Crippen LogP contribution is 2.16. The normalized spacial score (nSPS) is 10.3. The number of nitrogens with one attached hydrogen (secondary N) is 3. The molecule has 0 fully saturated rings. The van der Waals surface area contributed by atoms with Crippen molar-refractivity contribution in [3.63, 3.8) is 0 Å². The molecule has 0 aliphatic rings. The molecule has 7 nitrogen and oxygen atoms in total. The minimum atomic E-state index is -0.366. The van der Waals surface area contributed by atoms with E-state index in [2.05, 4.69) is 20.8 Å². The number of para-hydroxylation sites is 1. The van der Waals surface area contributed by atoms with Gasteiger partial charge in [0.1, 0.15) is 0 Å². The summed E-state index contributed by atoms with van der Waals surface area (Å²) in [5.41, 5.74) is 7.35. The van der Waals surface area contributed by atoms with Gasteiger partial charge in [-0.25, -0.2) is 0 Å². The number of hydrogen-bond donors (Lipinski definition) is 4. The number of aryl methyl sites for hydroxylation is 1. The Morgan fingerprint density at radius 3 is 2.73 bits per heavy atom. The van der Waals surface area contributed by atoms with E-state index < -0.39 is 0 Å². The molecule has 0 aliphatic heterocycles. The number of aromatic amines is 1. The average Bonchev–Trinajstić information content (AvgIpc) is 3.02. The molecule has 0 unspecified atom stereocenters. The van der Waals surface area contributed by atoms with Crippen LogP contribution in [0.4, 0.5) is 5.69 Å². The number of anilines is 1. The predicted molar refractivity (Wildman–Crippen MR) is 83.7 cm³/mol. The van der Waals surface area contributed by atoms with E-state index in [4.69, 9.17) is 5.73 Å². The van der Waals surface area contributed by atoms with E-state index in [-0.39, 0.29) is 17.5 Å². The maximum Gasteiger partial charge on any atom is 0.276 e. The lowest BCUT2D eigenvalue weighted by Gasteiger charge is -2.10. The lowest BCUT2D eigenvalue weighted by atomic mass is 10.1. The van der Waals surface area contributed by atoms with E-state index in [1.165, 1.54) is 0 Å². The fraction of sp³-hybridized carbons (Fsp3) is 0.267. The van der Waals surface area contributed by atoms with Crippen LogP contribution in [0.1, 0.15) is 33.5 Å². The Morgan fingerprint density at radius 1 is 1.27 bits per heavy atom. The van der Waals surface area contributed by atoms with Crippen LogP contribution in [0.5, 0.6) is 0 Å². The Hall–Kier alpha value is -2.67. The number of H-pyrrole nitrogens is 1. The number of amides is 2. The van der Waals surface area contributed by atoms with Crippen molar-refractivity contribution in [1.29, 1.82) is 0 Å². The highest BCUT2D eigenvalue weighted by Gasteiger charge is 2.15. The Balaban J connectivity index is 2.15. The Bertz CT molecular complexity index is 665. The van der Waals surface area contributed by atoms with Gasteiger partial charge >= 0.3 is 0 Å². The second kappa shape index (κ2) is 7.37. The van der Waals surface area contributed by atoms with Crippen LogP contribution in [0, 0.1) is 0 Å². The Labute approximate surface area is 128 Å². The van der Waals surface area contributed by atoms with Crippen molar-refractivity contribution >= 4 is 17.5 Å². The maximum absolute atomic E-state index is 12.2. The molecular formula is C15H19N5O2. The summed E-state index contributed by atoms with van der Waals surface area (Å²) in [5, 5.41) is 12.1. The topological polar surface area (TPSA) is 113 Å². The number of rotatable bonds is 6. The van der Waals surface area contributed by atoms with Gasteiger partial charge in [0, 0.05) is 18.8 Å². The SMILES string of the molecule is CCc1cc(C(=O)Nc2ccccc2C(=O)NCCN)n[nH]1. The summed E-state index contributed by atoms with van der Waals surface area (Å²) in [7, 11) is 0. The Morgan fingerprint density at radius 2 is 2.05 bits per heavy atom. The van der Waals surface area contributed by atoms with E-state index in [1.807, 2.05) is 6.92 Å². The molecule has 116 valence electrons. The summed E-state index contributed by atoms with van der Waals surface area (Å²) in [4.78, 5) is 24.2. The monoisotopic (exact) mass is 301 g/mol. The average molecular weight is 301 g/mol. The highest BCUT2D eigenvalue weighted by molar-refractivity contribution is 6.08.